The van der Waals surface area contributed by atoms with Crippen LogP contribution in [-0.4, -0.2) is 16.0 Å². The summed E-state index contributed by atoms with van der Waals surface area (Å²) in [5.41, 5.74) is 2.79. The van der Waals surface area contributed by atoms with Crippen molar-refractivity contribution in [2.45, 2.75) is 66.8 Å². The van der Waals surface area contributed by atoms with E-state index in [0.29, 0.717) is 5.92 Å². The zero-order valence-corrected chi connectivity index (χ0v) is 16.7. The molecule has 0 amide bonds. The summed E-state index contributed by atoms with van der Waals surface area (Å²) in [6.45, 7) is 6.76. The van der Waals surface area contributed by atoms with Crippen LogP contribution in [0, 0.1) is 0 Å². The van der Waals surface area contributed by atoms with E-state index in [4.69, 9.17) is 0 Å². The fraction of sp³-hybridized carbons (Fsp3) is 0.556. The van der Waals surface area contributed by atoms with Gasteiger partial charge in [-0.15, -0.1) is 10.2 Å². The van der Waals surface area contributed by atoms with E-state index in [2.05, 4.69) is 55.2 Å². The first-order chi connectivity index (χ1) is 11.2. The van der Waals surface area contributed by atoms with E-state index in [1.54, 1.807) is 23.1 Å². The second-order valence-electron chi connectivity index (χ2n) is 5.73. The summed E-state index contributed by atoms with van der Waals surface area (Å²) in [7, 11) is 0. The maximum absolute atomic E-state index is 4.30. The van der Waals surface area contributed by atoms with Crippen LogP contribution in [0.5, 0.6) is 0 Å². The van der Waals surface area contributed by atoms with Crippen LogP contribution in [0.2, 0.25) is 0 Å². The van der Waals surface area contributed by atoms with Gasteiger partial charge in [0.25, 0.3) is 0 Å². The van der Waals surface area contributed by atoms with Crippen LogP contribution in [0.3, 0.4) is 0 Å². The highest BCUT2D eigenvalue weighted by Gasteiger charge is 2.07. The molecule has 5 heteroatoms. The Morgan fingerprint density at radius 2 is 1.70 bits per heavy atom. The molecule has 2 nitrogen and oxygen atoms in total. The van der Waals surface area contributed by atoms with Crippen molar-refractivity contribution < 1.29 is 0 Å². The van der Waals surface area contributed by atoms with Gasteiger partial charge in [-0.3, -0.25) is 0 Å². The molecule has 0 bridgehead atoms. The monoisotopic (exact) mass is 366 g/mol. The predicted octanol–water partition coefficient (Wildman–Crippen LogP) is 6.63. The van der Waals surface area contributed by atoms with Crippen molar-refractivity contribution in [2.75, 3.05) is 5.75 Å². The summed E-state index contributed by atoms with van der Waals surface area (Å²) in [4.78, 5) is 0. The molecule has 0 aliphatic rings. The molecule has 1 heterocycles. The Hall–Kier alpha value is -0.520. The highest BCUT2D eigenvalue weighted by Crippen LogP contribution is 2.31. The maximum atomic E-state index is 4.30. The summed E-state index contributed by atoms with van der Waals surface area (Å²) in [5, 5.41) is 8.58. The number of thioether (sulfide) groups is 2. The number of aromatic nitrogens is 2. The maximum Gasteiger partial charge on any atom is 0.175 e. The van der Waals surface area contributed by atoms with Gasteiger partial charge in [-0.05, 0) is 29.9 Å². The average Bonchev–Trinajstić information content (AvgIpc) is 3.04. The molecule has 23 heavy (non-hydrogen) atoms. The lowest BCUT2D eigenvalue weighted by Gasteiger charge is -2.09. The highest BCUT2D eigenvalue weighted by molar-refractivity contribution is 8.02. The topological polar surface area (TPSA) is 25.8 Å². The van der Waals surface area contributed by atoms with Gasteiger partial charge in [0.15, 0.2) is 8.68 Å². The summed E-state index contributed by atoms with van der Waals surface area (Å²) < 4.78 is 2.18. The lowest BCUT2D eigenvalue weighted by atomic mass is 9.98. The third-order valence-corrected chi connectivity index (χ3v) is 7.23. The molecule has 0 N–H and O–H groups in total. The van der Waals surface area contributed by atoms with Crippen molar-refractivity contribution in [1.29, 1.82) is 0 Å². The number of rotatable bonds is 10. The minimum absolute atomic E-state index is 0.646. The van der Waals surface area contributed by atoms with Gasteiger partial charge >= 0.3 is 0 Å². The molecule has 2 rings (SSSR count). The number of unbranched alkanes of at least 4 members (excludes halogenated alkanes) is 2. The van der Waals surface area contributed by atoms with Crippen LogP contribution in [-0.2, 0) is 5.75 Å². The molecule has 0 saturated carbocycles. The van der Waals surface area contributed by atoms with Crippen molar-refractivity contribution in [2.24, 2.45) is 0 Å². The van der Waals surface area contributed by atoms with Crippen LogP contribution in [0.25, 0.3) is 0 Å². The Labute approximate surface area is 152 Å². The zero-order valence-electron chi connectivity index (χ0n) is 14.2. The van der Waals surface area contributed by atoms with Gasteiger partial charge in [0.2, 0.25) is 0 Å². The van der Waals surface area contributed by atoms with Crippen molar-refractivity contribution in [3.63, 3.8) is 0 Å². The fourth-order valence-corrected chi connectivity index (χ4v) is 5.19. The molecule has 1 unspecified atom stereocenters. The standard InChI is InChI=1S/C18H26N2S3/c1-4-6-7-12-21-17-19-20-18(23-17)22-13-15-8-10-16(11-9-15)14(3)5-2/h8-11,14H,4-7,12-13H2,1-3H3. The van der Waals surface area contributed by atoms with E-state index >= 15 is 0 Å². The minimum Gasteiger partial charge on any atom is -0.131 e. The first-order valence-electron chi connectivity index (χ1n) is 8.40. The van der Waals surface area contributed by atoms with Crippen LogP contribution in [0.15, 0.2) is 32.9 Å². The third-order valence-electron chi connectivity index (χ3n) is 3.88. The van der Waals surface area contributed by atoms with Gasteiger partial charge in [-0.25, -0.2) is 0 Å². The Kier molecular flexibility index (Phi) is 8.48. The first-order valence-corrected chi connectivity index (χ1v) is 11.2. The Balaban J connectivity index is 1.78. The molecule has 1 aromatic heterocycles. The molecular weight excluding hydrogens is 340 g/mol. The molecular formula is C18H26N2S3. The second kappa shape index (κ2) is 10.4. The zero-order chi connectivity index (χ0) is 16.5. The number of hydrogen-bond acceptors (Lipinski definition) is 5. The second-order valence-corrected chi connectivity index (χ2v) is 9.27. The molecule has 0 aliphatic carbocycles. The van der Waals surface area contributed by atoms with E-state index in [9.17, 15) is 0 Å². The van der Waals surface area contributed by atoms with Crippen molar-refractivity contribution in [3.8, 4) is 0 Å². The van der Waals surface area contributed by atoms with Crippen LogP contribution >= 0.6 is 34.9 Å². The van der Waals surface area contributed by atoms with Gasteiger partial charge < -0.3 is 0 Å². The quantitative estimate of drug-likeness (QED) is 0.348. The molecule has 0 saturated heterocycles. The first kappa shape index (κ1) is 18.8. The van der Waals surface area contributed by atoms with Crippen molar-refractivity contribution in [3.05, 3.63) is 35.4 Å². The Morgan fingerprint density at radius 1 is 1.00 bits per heavy atom. The van der Waals surface area contributed by atoms with Gasteiger partial charge in [-0.1, -0.05) is 92.7 Å². The molecule has 0 fully saturated rings. The number of hydrogen-bond donors (Lipinski definition) is 0. The molecule has 126 valence electrons. The molecule has 0 aliphatic heterocycles. The summed E-state index contributed by atoms with van der Waals surface area (Å²) >= 11 is 5.36. The third kappa shape index (κ3) is 6.48. The largest absolute Gasteiger partial charge is 0.175 e. The lowest BCUT2D eigenvalue weighted by Crippen LogP contribution is -1.91. The average molecular weight is 367 g/mol. The van der Waals surface area contributed by atoms with E-state index in [0.717, 1.165) is 20.2 Å². The van der Waals surface area contributed by atoms with Gasteiger partial charge in [0.05, 0.1) is 0 Å². The highest BCUT2D eigenvalue weighted by atomic mass is 32.2. The number of benzene rings is 1. The van der Waals surface area contributed by atoms with Crippen molar-refractivity contribution >= 4 is 34.9 Å². The minimum atomic E-state index is 0.646. The van der Waals surface area contributed by atoms with Crippen LogP contribution < -0.4 is 0 Å². The Morgan fingerprint density at radius 3 is 2.35 bits per heavy atom. The molecule has 0 spiro atoms. The summed E-state index contributed by atoms with van der Waals surface area (Å²) in [6.07, 6.45) is 5.04. The molecule has 1 atom stereocenters. The van der Waals surface area contributed by atoms with E-state index in [-0.39, 0.29) is 0 Å². The fourth-order valence-electron chi connectivity index (χ4n) is 2.15. The van der Waals surface area contributed by atoms with E-state index in [1.807, 2.05) is 11.8 Å². The number of nitrogens with zero attached hydrogens (tertiary/aromatic N) is 2. The smallest absolute Gasteiger partial charge is 0.131 e. The van der Waals surface area contributed by atoms with E-state index < -0.39 is 0 Å². The van der Waals surface area contributed by atoms with Gasteiger partial charge in [0.1, 0.15) is 0 Å². The van der Waals surface area contributed by atoms with Gasteiger partial charge in [0, 0.05) is 11.5 Å². The van der Waals surface area contributed by atoms with Crippen LogP contribution in [0.4, 0.5) is 0 Å². The normalized spacial score (nSPS) is 12.5. The summed E-state index contributed by atoms with van der Waals surface area (Å²) in [5.74, 6) is 2.77. The molecule has 0 radical (unpaired) electrons. The molecule has 1 aromatic carbocycles. The predicted molar refractivity (Wildman–Crippen MR) is 105 cm³/mol. The summed E-state index contributed by atoms with van der Waals surface area (Å²) in [6, 6.07) is 9.02. The van der Waals surface area contributed by atoms with E-state index in [1.165, 1.54) is 36.8 Å². The lowest BCUT2D eigenvalue weighted by molar-refractivity contribution is 0.733. The van der Waals surface area contributed by atoms with Gasteiger partial charge in [-0.2, -0.15) is 0 Å². The van der Waals surface area contributed by atoms with Crippen LogP contribution in [0.1, 0.15) is 63.5 Å². The molecule has 2 aromatic rings. The Bertz CT molecular complexity index is 566. The SMILES string of the molecule is CCCCCSc1nnc(SCc2ccc(C(C)CC)cc2)s1. The van der Waals surface area contributed by atoms with Crippen molar-refractivity contribution in [1.82, 2.24) is 10.2 Å².